The zero-order chi connectivity index (χ0) is 12.8. The van der Waals surface area contributed by atoms with Crippen molar-refractivity contribution in [3.05, 3.63) is 29.8 Å². The quantitative estimate of drug-likeness (QED) is 0.446. The van der Waals surface area contributed by atoms with Gasteiger partial charge in [-0.25, -0.2) is 4.79 Å². The summed E-state index contributed by atoms with van der Waals surface area (Å²) in [6, 6.07) is 6.51. The lowest BCUT2D eigenvalue weighted by molar-refractivity contribution is -0.153. The molecule has 5 nitrogen and oxygen atoms in total. The summed E-state index contributed by atoms with van der Waals surface area (Å²) in [7, 11) is 1.42. The number of hydrogen-bond acceptors (Lipinski definition) is 4. The number of hydrogen-bond donors (Lipinski definition) is 0. The third kappa shape index (κ3) is 2.90. The van der Waals surface area contributed by atoms with Crippen molar-refractivity contribution in [2.75, 3.05) is 18.6 Å². The maximum absolute atomic E-state index is 11.6. The summed E-state index contributed by atoms with van der Waals surface area (Å²) in [5, 5.41) is 0. The molecule has 0 aliphatic rings. The molecule has 0 aliphatic carbocycles. The topological polar surface area (TPSA) is 63.7 Å². The third-order valence-corrected chi connectivity index (χ3v) is 2.18. The molecule has 0 heterocycles. The molecule has 0 aromatic heterocycles. The second-order valence-corrected chi connectivity index (χ2v) is 3.26. The van der Waals surface area contributed by atoms with Crippen molar-refractivity contribution in [1.29, 1.82) is 0 Å². The maximum Gasteiger partial charge on any atom is 0.397 e. The summed E-state index contributed by atoms with van der Waals surface area (Å²) < 4.78 is 4.60. The number of benzene rings is 1. The highest BCUT2D eigenvalue weighted by Gasteiger charge is 2.22. The lowest BCUT2D eigenvalue weighted by atomic mass is 10.2. The van der Waals surface area contributed by atoms with Crippen LogP contribution in [0.1, 0.15) is 17.3 Å². The number of rotatable bonds is 3. The normalized spacial score (nSPS) is 9.53. The fraction of sp³-hybridized carbons (Fsp3) is 0.250. The Kier molecular flexibility index (Phi) is 4.39. The number of amides is 1. The summed E-state index contributed by atoms with van der Waals surface area (Å²) >= 11 is 0. The SMILES string of the molecule is CCOC(=O)C(=O)N(C)c1ccccc1C=O. The Hall–Kier alpha value is -2.17. The monoisotopic (exact) mass is 235 g/mol. The molecule has 0 aliphatic heterocycles. The third-order valence-electron chi connectivity index (χ3n) is 2.18. The Morgan fingerprint density at radius 2 is 2.00 bits per heavy atom. The zero-order valence-corrected chi connectivity index (χ0v) is 9.67. The molecule has 1 amide bonds. The van der Waals surface area contributed by atoms with E-state index >= 15 is 0 Å². The van der Waals surface area contributed by atoms with Crippen LogP contribution in [0.4, 0.5) is 5.69 Å². The van der Waals surface area contributed by atoms with Gasteiger partial charge in [0.25, 0.3) is 0 Å². The van der Waals surface area contributed by atoms with E-state index < -0.39 is 11.9 Å². The van der Waals surface area contributed by atoms with Gasteiger partial charge in [0.1, 0.15) is 0 Å². The standard InChI is InChI=1S/C12H13NO4/c1-3-17-12(16)11(15)13(2)10-7-5-4-6-9(10)8-14/h4-8H,3H2,1-2H3. The maximum atomic E-state index is 11.6. The van der Waals surface area contributed by atoms with Crippen LogP contribution in [0.2, 0.25) is 0 Å². The molecule has 0 radical (unpaired) electrons. The second-order valence-electron chi connectivity index (χ2n) is 3.26. The van der Waals surface area contributed by atoms with Gasteiger partial charge in [0, 0.05) is 12.6 Å². The van der Waals surface area contributed by atoms with E-state index in [1.807, 2.05) is 0 Å². The Bertz CT molecular complexity index is 442. The fourth-order valence-corrected chi connectivity index (χ4v) is 1.33. The molecular weight excluding hydrogens is 222 g/mol. The highest BCUT2D eigenvalue weighted by atomic mass is 16.5. The number of carbonyl (C=O) groups excluding carboxylic acids is 3. The first-order valence-corrected chi connectivity index (χ1v) is 5.10. The minimum Gasteiger partial charge on any atom is -0.459 e. The molecule has 0 spiro atoms. The van der Waals surface area contributed by atoms with Gasteiger partial charge in [-0.15, -0.1) is 0 Å². The molecule has 0 bridgehead atoms. The number of carbonyl (C=O) groups is 3. The van der Waals surface area contributed by atoms with E-state index in [1.54, 1.807) is 31.2 Å². The zero-order valence-electron chi connectivity index (χ0n) is 9.67. The van der Waals surface area contributed by atoms with Crippen molar-refractivity contribution in [1.82, 2.24) is 0 Å². The lowest BCUT2D eigenvalue weighted by Gasteiger charge is -2.17. The molecule has 5 heteroatoms. The molecule has 0 saturated carbocycles. The summed E-state index contributed by atoms with van der Waals surface area (Å²) in [5.74, 6) is -1.74. The summed E-state index contributed by atoms with van der Waals surface area (Å²) in [6.45, 7) is 1.75. The van der Waals surface area contributed by atoms with Crippen LogP contribution in [-0.2, 0) is 14.3 Å². The number of nitrogens with zero attached hydrogens (tertiary/aromatic N) is 1. The molecule has 1 rings (SSSR count). The number of aldehydes is 1. The minimum atomic E-state index is -0.935. The average molecular weight is 235 g/mol. The smallest absolute Gasteiger partial charge is 0.397 e. The molecule has 1 aromatic rings. The van der Waals surface area contributed by atoms with Gasteiger partial charge in [-0.2, -0.15) is 0 Å². The van der Waals surface area contributed by atoms with Gasteiger partial charge in [-0.3, -0.25) is 9.59 Å². The highest BCUT2D eigenvalue weighted by Crippen LogP contribution is 2.17. The largest absolute Gasteiger partial charge is 0.459 e. The van der Waals surface area contributed by atoms with Crippen molar-refractivity contribution in [2.45, 2.75) is 6.92 Å². The predicted molar refractivity (Wildman–Crippen MR) is 61.9 cm³/mol. The Morgan fingerprint density at radius 1 is 1.35 bits per heavy atom. The fourth-order valence-electron chi connectivity index (χ4n) is 1.33. The van der Waals surface area contributed by atoms with Crippen LogP contribution in [0.15, 0.2) is 24.3 Å². The molecule has 1 aromatic carbocycles. The van der Waals surface area contributed by atoms with E-state index in [1.165, 1.54) is 7.05 Å². The van der Waals surface area contributed by atoms with Crippen LogP contribution in [-0.4, -0.2) is 31.8 Å². The Labute approximate surface area is 99.0 Å². The van der Waals surface area contributed by atoms with E-state index in [0.717, 1.165) is 4.90 Å². The van der Waals surface area contributed by atoms with Crippen LogP contribution >= 0.6 is 0 Å². The van der Waals surface area contributed by atoms with Crippen molar-refractivity contribution >= 4 is 23.9 Å². The van der Waals surface area contributed by atoms with E-state index in [4.69, 9.17) is 0 Å². The molecule has 90 valence electrons. The molecule has 0 saturated heterocycles. The second kappa shape index (κ2) is 5.79. The van der Waals surface area contributed by atoms with Gasteiger partial charge in [0.2, 0.25) is 0 Å². The van der Waals surface area contributed by atoms with Gasteiger partial charge in [-0.1, -0.05) is 12.1 Å². The van der Waals surface area contributed by atoms with Gasteiger partial charge >= 0.3 is 11.9 Å². The van der Waals surface area contributed by atoms with Crippen LogP contribution in [0.3, 0.4) is 0 Å². The number of likely N-dealkylation sites (N-methyl/N-ethyl adjacent to an activating group) is 1. The van der Waals surface area contributed by atoms with Gasteiger partial charge in [0.15, 0.2) is 6.29 Å². The molecular formula is C12H13NO4. The van der Waals surface area contributed by atoms with Crippen LogP contribution in [0, 0.1) is 0 Å². The van der Waals surface area contributed by atoms with Crippen LogP contribution in [0.5, 0.6) is 0 Å². The van der Waals surface area contributed by atoms with E-state index in [9.17, 15) is 14.4 Å². The average Bonchev–Trinajstić information content (AvgIpc) is 2.37. The van der Waals surface area contributed by atoms with Crippen molar-refractivity contribution < 1.29 is 19.1 Å². The lowest BCUT2D eigenvalue weighted by Crippen LogP contribution is -2.35. The first-order valence-electron chi connectivity index (χ1n) is 5.10. The number of para-hydroxylation sites is 1. The van der Waals surface area contributed by atoms with Crippen molar-refractivity contribution in [2.24, 2.45) is 0 Å². The Balaban J connectivity index is 2.96. The number of esters is 1. The predicted octanol–water partition coefficient (Wildman–Crippen LogP) is 1.02. The molecule has 0 fully saturated rings. The van der Waals surface area contributed by atoms with E-state index in [-0.39, 0.29) is 6.61 Å². The molecule has 0 unspecified atom stereocenters. The summed E-state index contributed by atoms with van der Waals surface area (Å²) in [6.07, 6.45) is 0.629. The summed E-state index contributed by atoms with van der Waals surface area (Å²) in [5.41, 5.74) is 0.716. The van der Waals surface area contributed by atoms with Crippen LogP contribution in [0.25, 0.3) is 0 Å². The molecule has 17 heavy (non-hydrogen) atoms. The Morgan fingerprint density at radius 3 is 2.59 bits per heavy atom. The van der Waals surface area contributed by atoms with Crippen LogP contribution < -0.4 is 4.90 Å². The van der Waals surface area contributed by atoms with Gasteiger partial charge in [-0.05, 0) is 19.1 Å². The molecule has 0 N–H and O–H groups in total. The molecule has 0 atom stereocenters. The number of ether oxygens (including phenoxy) is 1. The summed E-state index contributed by atoms with van der Waals surface area (Å²) in [4.78, 5) is 34.8. The van der Waals surface area contributed by atoms with Gasteiger partial charge in [0.05, 0.1) is 12.3 Å². The highest BCUT2D eigenvalue weighted by molar-refractivity contribution is 6.38. The van der Waals surface area contributed by atoms with Crippen molar-refractivity contribution in [3.8, 4) is 0 Å². The van der Waals surface area contributed by atoms with E-state index in [2.05, 4.69) is 4.74 Å². The minimum absolute atomic E-state index is 0.133. The number of anilines is 1. The van der Waals surface area contributed by atoms with Crippen molar-refractivity contribution in [3.63, 3.8) is 0 Å². The first kappa shape index (κ1) is 12.9. The van der Waals surface area contributed by atoms with Gasteiger partial charge < -0.3 is 9.64 Å². The van der Waals surface area contributed by atoms with E-state index in [0.29, 0.717) is 17.5 Å². The first-order chi connectivity index (χ1) is 8.11.